The Kier molecular flexibility index (Phi) is 5.30. The molecule has 0 aromatic heterocycles. The Bertz CT molecular complexity index is 291. The fourth-order valence-corrected chi connectivity index (χ4v) is 1.59. The average molecular weight is 280 g/mol. The minimum Gasteiger partial charge on any atom is -0.490 e. The highest BCUT2D eigenvalue weighted by Gasteiger charge is 2.01. The lowest BCUT2D eigenvalue weighted by atomic mass is 10.2. The van der Waals surface area contributed by atoms with Crippen LogP contribution in [0.2, 0.25) is 5.02 Å². The highest BCUT2D eigenvalue weighted by molar-refractivity contribution is 9.08. The van der Waals surface area contributed by atoms with Crippen molar-refractivity contribution in [2.45, 2.75) is 5.33 Å². The van der Waals surface area contributed by atoms with Gasteiger partial charge in [-0.25, -0.2) is 0 Å². The second-order valence-corrected chi connectivity index (χ2v) is 3.71. The molecule has 0 atom stereocenters. The van der Waals surface area contributed by atoms with Crippen LogP contribution in [0.4, 0.5) is 0 Å². The SMILES string of the molecule is COCCOc1ccc(CBr)cc1Cl. The van der Waals surface area contributed by atoms with E-state index in [1.165, 1.54) is 0 Å². The van der Waals surface area contributed by atoms with Crippen LogP contribution in [0.5, 0.6) is 5.75 Å². The second kappa shape index (κ2) is 6.27. The molecular formula is C10H12BrClO2. The maximum Gasteiger partial charge on any atom is 0.138 e. The Morgan fingerprint density at radius 1 is 1.36 bits per heavy atom. The topological polar surface area (TPSA) is 18.5 Å². The summed E-state index contributed by atoms with van der Waals surface area (Å²) in [4.78, 5) is 0. The fourth-order valence-electron chi connectivity index (χ4n) is 0.979. The van der Waals surface area contributed by atoms with E-state index in [1.54, 1.807) is 7.11 Å². The molecule has 0 N–H and O–H groups in total. The van der Waals surface area contributed by atoms with E-state index in [1.807, 2.05) is 18.2 Å². The van der Waals surface area contributed by atoms with Gasteiger partial charge in [0.2, 0.25) is 0 Å². The zero-order chi connectivity index (χ0) is 10.4. The van der Waals surface area contributed by atoms with Crippen molar-refractivity contribution < 1.29 is 9.47 Å². The highest BCUT2D eigenvalue weighted by Crippen LogP contribution is 2.26. The molecule has 0 aliphatic carbocycles. The average Bonchev–Trinajstić information content (AvgIpc) is 2.20. The lowest BCUT2D eigenvalue weighted by molar-refractivity contribution is 0.146. The molecule has 0 amide bonds. The molecule has 0 bridgehead atoms. The van der Waals surface area contributed by atoms with Crippen LogP contribution < -0.4 is 4.74 Å². The number of methoxy groups -OCH3 is 1. The predicted octanol–water partition coefficient (Wildman–Crippen LogP) is 3.26. The van der Waals surface area contributed by atoms with Gasteiger partial charge in [-0.2, -0.15) is 0 Å². The summed E-state index contributed by atoms with van der Waals surface area (Å²) in [6, 6.07) is 5.73. The smallest absolute Gasteiger partial charge is 0.138 e. The third kappa shape index (κ3) is 3.48. The Hall–Kier alpha value is -0.250. The van der Waals surface area contributed by atoms with Gasteiger partial charge in [0, 0.05) is 12.4 Å². The monoisotopic (exact) mass is 278 g/mol. The van der Waals surface area contributed by atoms with Crippen LogP contribution in [-0.4, -0.2) is 20.3 Å². The van der Waals surface area contributed by atoms with Gasteiger partial charge < -0.3 is 9.47 Å². The second-order valence-electron chi connectivity index (χ2n) is 2.74. The van der Waals surface area contributed by atoms with E-state index < -0.39 is 0 Å². The van der Waals surface area contributed by atoms with Crippen molar-refractivity contribution in [3.63, 3.8) is 0 Å². The van der Waals surface area contributed by atoms with Gasteiger partial charge in [0.05, 0.1) is 11.6 Å². The number of benzene rings is 1. The van der Waals surface area contributed by atoms with Crippen molar-refractivity contribution in [3.05, 3.63) is 28.8 Å². The molecule has 2 nitrogen and oxygen atoms in total. The van der Waals surface area contributed by atoms with Crippen LogP contribution in [0, 0.1) is 0 Å². The molecule has 1 rings (SSSR count). The molecule has 0 spiro atoms. The van der Waals surface area contributed by atoms with Gasteiger partial charge in [-0.15, -0.1) is 0 Å². The number of halogens is 2. The number of hydrogen-bond acceptors (Lipinski definition) is 2. The van der Waals surface area contributed by atoms with Crippen molar-refractivity contribution in [3.8, 4) is 5.75 Å². The van der Waals surface area contributed by atoms with Crippen LogP contribution in [0.3, 0.4) is 0 Å². The van der Waals surface area contributed by atoms with E-state index in [0.717, 1.165) is 10.9 Å². The number of alkyl halides is 1. The van der Waals surface area contributed by atoms with Gasteiger partial charge in [-0.3, -0.25) is 0 Å². The summed E-state index contributed by atoms with van der Waals surface area (Å²) in [6.45, 7) is 1.08. The van der Waals surface area contributed by atoms with Crippen LogP contribution in [0.25, 0.3) is 0 Å². The molecule has 1 aromatic rings. The first-order chi connectivity index (χ1) is 6.77. The molecule has 78 valence electrons. The van der Waals surface area contributed by atoms with Crippen molar-refractivity contribution in [2.24, 2.45) is 0 Å². The maximum atomic E-state index is 6.00. The Morgan fingerprint density at radius 2 is 2.14 bits per heavy atom. The minimum absolute atomic E-state index is 0.518. The predicted molar refractivity (Wildman–Crippen MR) is 61.5 cm³/mol. The molecule has 0 saturated heterocycles. The standard InChI is InChI=1S/C10H12BrClO2/c1-13-4-5-14-10-3-2-8(7-11)6-9(10)12/h2-3,6H,4-5,7H2,1H3. The minimum atomic E-state index is 0.518. The van der Waals surface area contributed by atoms with Crippen LogP contribution in [0.15, 0.2) is 18.2 Å². The van der Waals surface area contributed by atoms with E-state index in [2.05, 4.69) is 15.9 Å². The van der Waals surface area contributed by atoms with E-state index >= 15 is 0 Å². The van der Waals surface area contributed by atoms with Gasteiger partial charge in [-0.1, -0.05) is 33.6 Å². The summed E-state index contributed by atoms with van der Waals surface area (Å²) in [6.07, 6.45) is 0. The summed E-state index contributed by atoms with van der Waals surface area (Å²) >= 11 is 9.36. The van der Waals surface area contributed by atoms with Crippen LogP contribution in [-0.2, 0) is 10.1 Å². The summed E-state index contributed by atoms with van der Waals surface area (Å²) in [7, 11) is 1.64. The lowest BCUT2D eigenvalue weighted by Gasteiger charge is -2.07. The third-order valence-corrected chi connectivity index (χ3v) is 2.64. The highest BCUT2D eigenvalue weighted by atomic mass is 79.9. The molecule has 0 saturated carbocycles. The van der Waals surface area contributed by atoms with E-state index in [9.17, 15) is 0 Å². The van der Waals surface area contributed by atoms with Crippen molar-refractivity contribution in [1.29, 1.82) is 0 Å². The Balaban J connectivity index is 2.59. The molecule has 0 heterocycles. The fraction of sp³-hybridized carbons (Fsp3) is 0.400. The van der Waals surface area contributed by atoms with E-state index in [-0.39, 0.29) is 0 Å². The molecule has 14 heavy (non-hydrogen) atoms. The molecule has 0 radical (unpaired) electrons. The number of rotatable bonds is 5. The van der Waals surface area contributed by atoms with Gasteiger partial charge in [0.25, 0.3) is 0 Å². The van der Waals surface area contributed by atoms with Crippen molar-refractivity contribution >= 4 is 27.5 Å². The molecule has 4 heteroatoms. The van der Waals surface area contributed by atoms with E-state index in [0.29, 0.717) is 24.0 Å². The van der Waals surface area contributed by atoms with Gasteiger partial charge in [0.15, 0.2) is 0 Å². The summed E-state index contributed by atoms with van der Waals surface area (Å²) in [5.74, 6) is 0.702. The molecule has 1 aromatic carbocycles. The summed E-state index contributed by atoms with van der Waals surface area (Å²) < 4.78 is 10.3. The van der Waals surface area contributed by atoms with Crippen LogP contribution in [0.1, 0.15) is 5.56 Å². The molecule has 0 aliphatic rings. The first-order valence-corrected chi connectivity index (χ1v) is 5.74. The molecular weight excluding hydrogens is 267 g/mol. The first-order valence-electron chi connectivity index (χ1n) is 4.24. The zero-order valence-corrected chi connectivity index (χ0v) is 10.3. The number of hydrogen-bond donors (Lipinski definition) is 0. The van der Waals surface area contributed by atoms with Crippen molar-refractivity contribution in [2.75, 3.05) is 20.3 Å². The summed E-state index contributed by atoms with van der Waals surface area (Å²) in [5.41, 5.74) is 1.13. The Morgan fingerprint density at radius 3 is 2.71 bits per heavy atom. The van der Waals surface area contributed by atoms with Crippen molar-refractivity contribution in [1.82, 2.24) is 0 Å². The normalized spacial score (nSPS) is 10.2. The Labute approximate surface area is 97.3 Å². The molecule has 0 unspecified atom stereocenters. The number of ether oxygens (including phenoxy) is 2. The van der Waals surface area contributed by atoms with E-state index in [4.69, 9.17) is 21.1 Å². The zero-order valence-electron chi connectivity index (χ0n) is 7.93. The lowest BCUT2D eigenvalue weighted by Crippen LogP contribution is -2.04. The largest absolute Gasteiger partial charge is 0.490 e. The quantitative estimate of drug-likeness (QED) is 0.608. The molecule has 0 aliphatic heterocycles. The van der Waals surface area contributed by atoms with Gasteiger partial charge >= 0.3 is 0 Å². The summed E-state index contributed by atoms with van der Waals surface area (Å²) in [5, 5.41) is 1.43. The first kappa shape index (κ1) is 11.8. The van der Waals surface area contributed by atoms with Gasteiger partial charge in [0.1, 0.15) is 12.4 Å². The third-order valence-electron chi connectivity index (χ3n) is 1.70. The van der Waals surface area contributed by atoms with Gasteiger partial charge in [-0.05, 0) is 17.7 Å². The maximum absolute atomic E-state index is 6.00. The van der Waals surface area contributed by atoms with Crippen LogP contribution >= 0.6 is 27.5 Å². The molecule has 0 fully saturated rings.